The lowest BCUT2D eigenvalue weighted by atomic mass is 10.0. The second kappa shape index (κ2) is 4.84. The Morgan fingerprint density at radius 3 is 2.56 bits per heavy atom. The van der Waals surface area contributed by atoms with E-state index in [0.29, 0.717) is 5.92 Å². The van der Waals surface area contributed by atoms with Crippen molar-refractivity contribution in [3.05, 3.63) is 17.0 Å². The third-order valence-electron chi connectivity index (χ3n) is 3.89. The largest absolute Gasteiger partial charge is 0.341 e. The predicted molar refractivity (Wildman–Crippen MR) is 72.7 cm³/mol. The summed E-state index contributed by atoms with van der Waals surface area (Å²) in [7, 11) is 0. The SMILES string of the molecule is CC(C)c1nc(N2CCCCC2)nc2c1CNC2. The summed E-state index contributed by atoms with van der Waals surface area (Å²) in [6.45, 7) is 8.51. The first kappa shape index (κ1) is 11.9. The first-order valence-electron chi connectivity index (χ1n) is 7.11. The molecular weight excluding hydrogens is 224 g/mol. The van der Waals surface area contributed by atoms with E-state index < -0.39 is 0 Å². The summed E-state index contributed by atoms with van der Waals surface area (Å²) < 4.78 is 0. The Balaban J connectivity index is 1.97. The van der Waals surface area contributed by atoms with Gasteiger partial charge in [-0.3, -0.25) is 0 Å². The molecule has 0 aromatic carbocycles. The van der Waals surface area contributed by atoms with Gasteiger partial charge in [-0.05, 0) is 25.2 Å². The molecule has 0 saturated carbocycles. The summed E-state index contributed by atoms with van der Waals surface area (Å²) in [4.78, 5) is 12.0. The van der Waals surface area contributed by atoms with Crippen molar-refractivity contribution in [3.63, 3.8) is 0 Å². The van der Waals surface area contributed by atoms with Crippen LogP contribution in [0, 0.1) is 0 Å². The molecule has 4 heteroatoms. The van der Waals surface area contributed by atoms with Crippen LogP contribution < -0.4 is 10.2 Å². The molecule has 0 radical (unpaired) electrons. The number of anilines is 1. The molecule has 1 fully saturated rings. The molecule has 0 amide bonds. The van der Waals surface area contributed by atoms with E-state index >= 15 is 0 Å². The van der Waals surface area contributed by atoms with Crippen molar-refractivity contribution in [3.8, 4) is 0 Å². The van der Waals surface area contributed by atoms with Gasteiger partial charge < -0.3 is 10.2 Å². The summed E-state index contributed by atoms with van der Waals surface area (Å²) >= 11 is 0. The van der Waals surface area contributed by atoms with Gasteiger partial charge in [0.05, 0.1) is 11.4 Å². The van der Waals surface area contributed by atoms with E-state index in [-0.39, 0.29) is 0 Å². The fourth-order valence-corrected chi connectivity index (χ4v) is 2.89. The van der Waals surface area contributed by atoms with Crippen LogP contribution in [-0.4, -0.2) is 23.1 Å². The minimum Gasteiger partial charge on any atom is -0.341 e. The quantitative estimate of drug-likeness (QED) is 0.868. The lowest BCUT2D eigenvalue weighted by molar-refractivity contribution is 0.565. The van der Waals surface area contributed by atoms with Crippen molar-refractivity contribution >= 4 is 5.95 Å². The van der Waals surface area contributed by atoms with Crippen molar-refractivity contribution in [1.29, 1.82) is 0 Å². The van der Waals surface area contributed by atoms with Crippen LogP contribution >= 0.6 is 0 Å². The van der Waals surface area contributed by atoms with Crippen LogP contribution in [0.15, 0.2) is 0 Å². The first-order valence-corrected chi connectivity index (χ1v) is 7.11. The van der Waals surface area contributed by atoms with Crippen molar-refractivity contribution in [2.24, 2.45) is 0 Å². The Morgan fingerprint density at radius 1 is 1.06 bits per heavy atom. The molecule has 0 unspecified atom stereocenters. The summed E-state index contributed by atoms with van der Waals surface area (Å²) in [5.74, 6) is 1.44. The van der Waals surface area contributed by atoms with Crippen LogP contribution in [-0.2, 0) is 13.1 Å². The molecule has 2 aliphatic rings. The van der Waals surface area contributed by atoms with Gasteiger partial charge in [0.2, 0.25) is 5.95 Å². The molecule has 18 heavy (non-hydrogen) atoms. The second-order valence-electron chi connectivity index (χ2n) is 5.64. The molecule has 1 N–H and O–H groups in total. The van der Waals surface area contributed by atoms with Crippen LogP contribution in [0.3, 0.4) is 0 Å². The minimum absolute atomic E-state index is 0.477. The highest BCUT2D eigenvalue weighted by atomic mass is 15.3. The molecule has 1 aromatic heterocycles. The van der Waals surface area contributed by atoms with Gasteiger partial charge in [-0.1, -0.05) is 13.8 Å². The zero-order valence-electron chi connectivity index (χ0n) is 11.4. The van der Waals surface area contributed by atoms with Gasteiger partial charge >= 0.3 is 0 Å². The summed E-state index contributed by atoms with van der Waals surface area (Å²) in [6.07, 6.45) is 3.89. The molecule has 1 saturated heterocycles. The molecule has 0 atom stereocenters. The van der Waals surface area contributed by atoms with E-state index in [1.165, 1.54) is 36.2 Å². The summed E-state index contributed by atoms with van der Waals surface area (Å²) in [5.41, 5.74) is 3.80. The van der Waals surface area contributed by atoms with E-state index in [1.54, 1.807) is 0 Å². The lowest BCUT2D eigenvalue weighted by Crippen LogP contribution is -2.31. The number of aromatic nitrogens is 2. The van der Waals surface area contributed by atoms with E-state index in [1.807, 2.05) is 0 Å². The highest BCUT2D eigenvalue weighted by Gasteiger charge is 2.23. The van der Waals surface area contributed by atoms with Gasteiger partial charge in [-0.25, -0.2) is 9.97 Å². The van der Waals surface area contributed by atoms with Gasteiger partial charge in [0, 0.05) is 31.7 Å². The number of hydrogen-bond acceptors (Lipinski definition) is 4. The second-order valence-corrected chi connectivity index (χ2v) is 5.64. The van der Waals surface area contributed by atoms with Crippen LogP contribution in [0.2, 0.25) is 0 Å². The van der Waals surface area contributed by atoms with E-state index in [9.17, 15) is 0 Å². The fraction of sp³-hybridized carbons (Fsp3) is 0.714. The zero-order valence-corrected chi connectivity index (χ0v) is 11.4. The third kappa shape index (κ3) is 2.09. The van der Waals surface area contributed by atoms with Crippen LogP contribution in [0.25, 0.3) is 0 Å². The molecule has 98 valence electrons. The Hall–Kier alpha value is -1.16. The first-order chi connectivity index (χ1) is 8.75. The average molecular weight is 246 g/mol. The maximum absolute atomic E-state index is 4.84. The van der Waals surface area contributed by atoms with Gasteiger partial charge in [-0.2, -0.15) is 0 Å². The van der Waals surface area contributed by atoms with Crippen LogP contribution in [0.5, 0.6) is 0 Å². The molecule has 0 spiro atoms. The molecule has 4 nitrogen and oxygen atoms in total. The third-order valence-corrected chi connectivity index (χ3v) is 3.89. The van der Waals surface area contributed by atoms with Crippen LogP contribution in [0.4, 0.5) is 5.95 Å². The molecule has 3 heterocycles. The average Bonchev–Trinajstić information content (AvgIpc) is 2.86. The number of piperidine rings is 1. The lowest BCUT2D eigenvalue weighted by Gasteiger charge is -2.27. The Kier molecular flexibility index (Phi) is 3.20. The number of fused-ring (bicyclic) bond motifs is 1. The van der Waals surface area contributed by atoms with Crippen molar-refractivity contribution in [2.45, 2.75) is 52.1 Å². The molecule has 0 aliphatic carbocycles. The van der Waals surface area contributed by atoms with Crippen LogP contribution in [0.1, 0.15) is 56.0 Å². The number of nitrogens with zero attached hydrogens (tertiary/aromatic N) is 3. The maximum atomic E-state index is 4.84. The molecule has 3 rings (SSSR count). The van der Waals surface area contributed by atoms with Gasteiger partial charge in [0.25, 0.3) is 0 Å². The molecule has 2 aliphatic heterocycles. The Morgan fingerprint density at radius 2 is 1.83 bits per heavy atom. The minimum atomic E-state index is 0.477. The fourth-order valence-electron chi connectivity index (χ4n) is 2.89. The maximum Gasteiger partial charge on any atom is 0.225 e. The van der Waals surface area contributed by atoms with Crippen molar-refractivity contribution in [1.82, 2.24) is 15.3 Å². The molecule has 1 aromatic rings. The van der Waals surface area contributed by atoms with Gasteiger partial charge in [0.1, 0.15) is 0 Å². The predicted octanol–water partition coefficient (Wildman–Crippen LogP) is 2.19. The van der Waals surface area contributed by atoms with E-state index in [4.69, 9.17) is 9.97 Å². The highest BCUT2D eigenvalue weighted by molar-refractivity contribution is 5.40. The molecular formula is C14H22N4. The summed E-state index contributed by atoms with van der Waals surface area (Å²) in [6, 6.07) is 0. The Bertz CT molecular complexity index is 436. The van der Waals surface area contributed by atoms with Gasteiger partial charge in [-0.15, -0.1) is 0 Å². The molecule has 0 bridgehead atoms. The van der Waals surface area contributed by atoms with Gasteiger partial charge in [0.15, 0.2) is 0 Å². The smallest absolute Gasteiger partial charge is 0.225 e. The monoisotopic (exact) mass is 246 g/mol. The van der Waals surface area contributed by atoms with E-state index in [0.717, 1.165) is 32.1 Å². The number of hydrogen-bond donors (Lipinski definition) is 1. The number of nitrogens with one attached hydrogen (secondary N) is 1. The highest BCUT2D eigenvalue weighted by Crippen LogP contribution is 2.26. The number of rotatable bonds is 2. The van der Waals surface area contributed by atoms with Crippen molar-refractivity contribution < 1.29 is 0 Å². The standard InChI is InChI=1S/C14H22N4/c1-10(2)13-11-8-15-9-12(11)16-14(17-13)18-6-4-3-5-7-18/h10,15H,3-9H2,1-2H3. The Labute approximate surface area is 109 Å². The summed E-state index contributed by atoms with van der Waals surface area (Å²) in [5, 5.41) is 3.39. The normalized spacial score (nSPS) is 19.4. The van der Waals surface area contributed by atoms with Crippen molar-refractivity contribution in [2.75, 3.05) is 18.0 Å². The van der Waals surface area contributed by atoms with E-state index in [2.05, 4.69) is 24.1 Å². The zero-order chi connectivity index (χ0) is 12.5. The topological polar surface area (TPSA) is 41.1 Å².